The minimum absolute atomic E-state index is 0.111. The Morgan fingerprint density at radius 2 is 2.05 bits per heavy atom. The highest BCUT2D eigenvalue weighted by Gasteiger charge is 2.17. The predicted molar refractivity (Wildman–Crippen MR) is 80.8 cm³/mol. The van der Waals surface area contributed by atoms with Crippen LogP contribution in [0.1, 0.15) is 37.6 Å². The molecule has 1 rings (SSSR count). The molecule has 0 bridgehead atoms. The highest BCUT2D eigenvalue weighted by molar-refractivity contribution is 7.89. The number of rotatable bonds is 7. The van der Waals surface area contributed by atoms with E-state index in [0.29, 0.717) is 24.8 Å². The van der Waals surface area contributed by atoms with Gasteiger partial charge in [-0.2, -0.15) is 0 Å². The summed E-state index contributed by atoms with van der Waals surface area (Å²) in [7, 11) is -3.86. The van der Waals surface area contributed by atoms with Gasteiger partial charge in [-0.3, -0.25) is 4.79 Å². The average molecular weight is 314 g/mol. The molecule has 21 heavy (non-hydrogen) atoms. The van der Waals surface area contributed by atoms with E-state index in [1.807, 2.05) is 13.8 Å². The predicted octanol–water partition coefficient (Wildman–Crippen LogP) is 1.51. The SMILES string of the molecule is CCOc1ccc(S(N)(=O)=O)cc1C(=O)NCC(C)CC. The molecule has 118 valence electrons. The molecule has 0 aromatic heterocycles. The van der Waals surface area contributed by atoms with E-state index in [-0.39, 0.29) is 16.4 Å². The van der Waals surface area contributed by atoms with Crippen LogP contribution in [0.5, 0.6) is 5.75 Å². The summed E-state index contributed by atoms with van der Waals surface area (Å²) < 4.78 is 28.2. The van der Waals surface area contributed by atoms with E-state index < -0.39 is 10.0 Å². The van der Waals surface area contributed by atoms with Crippen LogP contribution < -0.4 is 15.2 Å². The highest BCUT2D eigenvalue weighted by Crippen LogP contribution is 2.22. The van der Waals surface area contributed by atoms with Gasteiger partial charge in [-0.05, 0) is 31.0 Å². The van der Waals surface area contributed by atoms with Gasteiger partial charge in [0.2, 0.25) is 10.0 Å². The summed E-state index contributed by atoms with van der Waals surface area (Å²) >= 11 is 0. The summed E-state index contributed by atoms with van der Waals surface area (Å²) in [6.07, 6.45) is 0.940. The second kappa shape index (κ2) is 7.42. The van der Waals surface area contributed by atoms with Crippen LogP contribution >= 0.6 is 0 Å². The second-order valence-corrected chi connectivity index (χ2v) is 6.42. The Kier molecular flexibility index (Phi) is 6.17. The number of ether oxygens (including phenoxy) is 1. The summed E-state index contributed by atoms with van der Waals surface area (Å²) in [6, 6.07) is 4.01. The lowest BCUT2D eigenvalue weighted by molar-refractivity contribution is 0.0944. The van der Waals surface area contributed by atoms with Crippen LogP contribution in [0, 0.1) is 5.92 Å². The molecule has 0 saturated heterocycles. The number of sulfonamides is 1. The van der Waals surface area contributed by atoms with Crippen molar-refractivity contribution in [2.75, 3.05) is 13.2 Å². The first kappa shape index (κ1) is 17.5. The van der Waals surface area contributed by atoms with Crippen molar-refractivity contribution in [3.05, 3.63) is 23.8 Å². The molecule has 1 aromatic carbocycles. The second-order valence-electron chi connectivity index (χ2n) is 4.86. The van der Waals surface area contributed by atoms with E-state index >= 15 is 0 Å². The lowest BCUT2D eigenvalue weighted by atomic mass is 10.1. The topological polar surface area (TPSA) is 98.5 Å². The molecule has 3 N–H and O–H groups in total. The summed E-state index contributed by atoms with van der Waals surface area (Å²) in [4.78, 5) is 12.1. The molecular formula is C14H22N2O4S. The summed E-state index contributed by atoms with van der Waals surface area (Å²) in [5.74, 6) is 0.307. The molecule has 1 unspecified atom stereocenters. The first-order valence-corrected chi connectivity index (χ1v) is 8.42. The van der Waals surface area contributed by atoms with Crippen LogP contribution in [0.4, 0.5) is 0 Å². The third kappa shape index (κ3) is 5.02. The Morgan fingerprint density at radius 3 is 2.57 bits per heavy atom. The zero-order valence-corrected chi connectivity index (χ0v) is 13.4. The maximum atomic E-state index is 12.2. The van der Waals surface area contributed by atoms with Crippen molar-refractivity contribution in [3.8, 4) is 5.75 Å². The Hall–Kier alpha value is -1.60. The Morgan fingerprint density at radius 1 is 1.38 bits per heavy atom. The van der Waals surface area contributed by atoms with Gasteiger partial charge in [0.15, 0.2) is 0 Å². The summed E-state index contributed by atoms with van der Waals surface area (Å²) in [6.45, 7) is 6.73. The highest BCUT2D eigenvalue weighted by atomic mass is 32.2. The van der Waals surface area contributed by atoms with Crippen LogP contribution in [0.15, 0.2) is 23.1 Å². The number of benzene rings is 1. The van der Waals surface area contributed by atoms with Crippen molar-refractivity contribution < 1.29 is 17.9 Å². The van der Waals surface area contributed by atoms with Crippen LogP contribution in [0.2, 0.25) is 0 Å². The number of nitrogens with one attached hydrogen (secondary N) is 1. The van der Waals surface area contributed by atoms with Crippen molar-refractivity contribution in [2.45, 2.75) is 32.1 Å². The van der Waals surface area contributed by atoms with E-state index in [1.54, 1.807) is 6.92 Å². The zero-order valence-electron chi connectivity index (χ0n) is 12.5. The minimum atomic E-state index is -3.86. The van der Waals surface area contributed by atoms with E-state index in [1.165, 1.54) is 18.2 Å². The van der Waals surface area contributed by atoms with Gasteiger partial charge in [-0.15, -0.1) is 0 Å². The van der Waals surface area contributed by atoms with Crippen molar-refractivity contribution in [1.82, 2.24) is 5.32 Å². The van der Waals surface area contributed by atoms with Gasteiger partial charge < -0.3 is 10.1 Å². The molecule has 0 spiro atoms. The molecule has 6 nitrogen and oxygen atoms in total. The van der Waals surface area contributed by atoms with Gasteiger partial charge in [0, 0.05) is 6.54 Å². The third-order valence-electron chi connectivity index (χ3n) is 3.13. The molecule has 1 aromatic rings. The molecule has 0 aliphatic carbocycles. The van der Waals surface area contributed by atoms with E-state index in [2.05, 4.69) is 5.32 Å². The van der Waals surface area contributed by atoms with Crippen molar-refractivity contribution in [1.29, 1.82) is 0 Å². The number of hydrogen-bond acceptors (Lipinski definition) is 4. The Balaban J connectivity index is 3.08. The van der Waals surface area contributed by atoms with Crippen LogP contribution in [0.25, 0.3) is 0 Å². The van der Waals surface area contributed by atoms with Crippen LogP contribution in [-0.2, 0) is 10.0 Å². The van der Waals surface area contributed by atoms with Gasteiger partial charge in [0.25, 0.3) is 5.91 Å². The molecule has 0 aliphatic heterocycles. The number of hydrogen-bond donors (Lipinski definition) is 2. The molecule has 0 saturated carbocycles. The normalized spacial score (nSPS) is 12.8. The molecule has 1 atom stereocenters. The Bertz CT molecular complexity index is 599. The lowest BCUT2D eigenvalue weighted by Gasteiger charge is -2.14. The molecule has 1 amide bonds. The van der Waals surface area contributed by atoms with Gasteiger partial charge in [-0.1, -0.05) is 20.3 Å². The minimum Gasteiger partial charge on any atom is -0.493 e. The number of nitrogens with two attached hydrogens (primary N) is 1. The fourth-order valence-electron chi connectivity index (χ4n) is 1.65. The monoisotopic (exact) mass is 314 g/mol. The number of primary sulfonamides is 1. The quantitative estimate of drug-likeness (QED) is 0.797. The van der Waals surface area contributed by atoms with Gasteiger partial charge >= 0.3 is 0 Å². The fourth-order valence-corrected chi connectivity index (χ4v) is 2.19. The average Bonchev–Trinajstić information content (AvgIpc) is 2.43. The maximum Gasteiger partial charge on any atom is 0.255 e. The van der Waals surface area contributed by atoms with Crippen LogP contribution in [-0.4, -0.2) is 27.5 Å². The molecule has 0 radical (unpaired) electrons. The van der Waals surface area contributed by atoms with Gasteiger partial charge in [0.05, 0.1) is 17.1 Å². The fraction of sp³-hybridized carbons (Fsp3) is 0.500. The third-order valence-corrected chi connectivity index (χ3v) is 4.04. The molecule has 7 heteroatoms. The van der Waals surface area contributed by atoms with E-state index in [4.69, 9.17) is 9.88 Å². The number of carbonyl (C=O) groups excluding carboxylic acids is 1. The first-order chi connectivity index (χ1) is 9.79. The summed E-state index contributed by atoms with van der Waals surface area (Å²) in [5.41, 5.74) is 0.173. The number of carbonyl (C=O) groups is 1. The zero-order chi connectivity index (χ0) is 16.0. The van der Waals surface area contributed by atoms with E-state index in [9.17, 15) is 13.2 Å². The molecular weight excluding hydrogens is 292 g/mol. The van der Waals surface area contributed by atoms with Gasteiger partial charge in [0.1, 0.15) is 5.75 Å². The van der Waals surface area contributed by atoms with Crippen LogP contribution in [0.3, 0.4) is 0 Å². The standard InChI is InChI=1S/C14H22N2O4S/c1-4-10(3)9-16-14(17)12-8-11(21(15,18)19)6-7-13(12)20-5-2/h6-8,10H,4-5,9H2,1-3H3,(H,16,17)(H2,15,18,19). The van der Waals surface area contributed by atoms with Crippen molar-refractivity contribution in [2.24, 2.45) is 11.1 Å². The van der Waals surface area contributed by atoms with Gasteiger partial charge in [-0.25, -0.2) is 13.6 Å². The number of amides is 1. The first-order valence-electron chi connectivity index (χ1n) is 6.87. The smallest absolute Gasteiger partial charge is 0.255 e. The molecule has 0 heterocycles. The largest absolute Gasteiger partial charge is 0.493 e. The summed E-state index contributed by atoms with van der Waals surface area (Å²) in [5, 5.41) is 7.87. The van der Waals surface area contributed by atoms with Crippen molar-refractivity contribution in [3.63, 3.8) is 0 Å². The maximum absolute atomic E-state index is 12.2. The molecule has 0 aliphatic rings. The Labute approximate surface area is 125 Å². The molecule has 0 fully saturated rings. The van der Waals surface area contributed by atoms with E-state index in [0.717, 1.165) is 6.42 Å². The lowest BCUT2D eigenvalue weighted by Crippen LogP contribution is -2.28. The van der Waals surface area contributed by atoms with Crippen molar-refractivity contribution >= 4 is 15.9 Å².